The predicted octanol–water partition coefficient (Wildman–Crippen LogP) is 1.78. The fraction of sp³-hybridized carbons (Fsp3) is 0.533. The second-order valence-electron chi connectivity index (χ2n) is 4.60. The Morgan fingerprint density at radius 2 is 1.80 bits per heavy atom. The number of methoxy groups -OCH3 is 2. The van der Waals surface area contributed by atoms with E-state index in [0.29, 0.717) is 13.0 Å². The molecule has 5 nitrogen and oxygen atoms in total. The van der Waals surface area contributed by atoms with E-state index in [4.69, 9.17) is 9.47 Å². The van der Waals surface area contributed by atoms with Crippen molar-refractivity contribution in [1.29, 1.82) is 0 Å². The molecule has 20 heavy (non-hydrogen) atoms. The van der Waals surface area contributed by atoms with Crippen molar-refractivity contribution in [3.63, 3.8) is 0 Å². The molecule has 0 aromatic heterocycles. The van der Waals surface area contributed by atoms with Crippen LogP contribution in [0.5, 0.6) is 0 Å². The molecular weight excluding hydrogens is 256 g/mol. The molecule has 0 saturated carbocycles. The summed E-state index contributed by atoms with van der Waals surface area (Å²) in [5, 5.41) is 6.08. The van der Waals surface area contributed by atoms with Crippen LogP contribution < -0.4 is 10.6 Å². The van der Waals surface area contributed by atoms with E-state index in [0.717, 1.165) is 11.3 Å². The van der Waals surface area contributed by atoms with Gasteiger partial charge in [0.15, 0.2) is 6.29 Å². The molecule has 0 saturated heterocycles. The lowest BCUT2D eigenvalue weighted by Gasteiger charge is -2.23. The highest BCUT2D eigenvalue weighted by Gasteiger charge is 2.15. The van der Waals surface area contributed by atoms with Gasteiger partial charge in [0.25, 0.3) is 0 Å². The van der Waals surface area contributed by atoms with Crippen molar-refractivity contribution in [2.24, 2.45) is 0 Å². The van der Waals surface area contributed by atoms with Gasteiger partial charge >= 0.3 is 0 Å². The molecule has 1 rings (SSSR count). The summed E-state index contributed by atoms with van der Waals surface area (Å²) >= 11 is 0. The SMILES string of the molecule is CCNC(=O)Cc1ccc(NC(C)C(OC)OC)cc1. The van der Waals surface area contributed by atoms with Gasteiger partial charge in [-0.25, -0.2) is 0 Å². The van der Waals surface area contributed by atoms with Gasteiger partial charge in [-0.2, -0.15) is 0 Å². The second kappa shape index (κ2) is 8.55. The Hall–Kier alpha value is -1.59. The summed E-state index contributed by atoms with van der Waals surface area (Å²) in [6, 6.07) is 7.82. The first-order chi connectivity index (χ1) is 9.60. The Morgan fingerprint density at radius 3 is 2.30 bits per heavy atom. The number of hydrogen-bond donors (Lipinski definition) is 2. The Morgan fingerprint density at radius 1 is 1.20 bits per heavy atom. The predicted molar refractivity (Wildman–Crippen MR) is 79.7 cm³/mol. The Kier molecular flexibility index (Phi) is 7.04. The van der Waals surface area contributed by atoms with Crippen LogP contribution in [0.25, 0.3) is 0 Å². The summed E-state index contributed by atoms with van der Waals surface area (Å²) in [6.07, 6.45) is 0.104. The van der Waals surface area contributed by atoms with E-state index in [1.807, 2.05) is 38.1 Å². The molecule has 0 bridgehead atoms. The molecule has 2 N–H and O–H groups in total. The van der Waals surface area contributed by atoms with E-state index in [9.17, 15) is 4.79 Å². The van der Waals surface area contributed by atoms with Gasteiger partial charge in [0.2, 0.25) is 5.91 Å². The van der Waals surface area contributed by atoms with Gasteiger partial charge in [-0.15, -0.1) is 0 Å². The Labute approximate surface area is 120 Å². The van der Waals surface area contributed by atoms with Crippen molar-refractivity contribution in [3.05, 3.63) is 29.8 Å². The van der Waals surface area contributed by atoms with Crippen LogP contribution in [0.1, 0.15) is 19.4 Å². The summed E-state index contributed by atoms with van der Waals surface area (Å²) in [6.45, 7) is 4.56. The number of nitrogens with one attached hydrogen (secondary N) is 2. The van der Waals surface area contributed by atoms with Gasteiger partial charge in [0, 0.05) is 26.5 Å². The quantitative estimate of drug-likeness (QED) is 0.713. The average molecular weight is 280 g/mol. The molecule has 1 unspecified atom stereocenters. The van der Waals surface area contributed by atoms with Gasteiger partial charge in [-0.3, -0.25) is 4.79 Å². The Bertz CT molecular complexity index is 402. The molecule has 0 aliphatic heterocycles. The van der Waals surface area contributed by atoms with Gasteiger partial charge in [-0.05, 0) is 31.5 Å². The van der Waals surface area contributed by atoms with E-state index in [2.05, 4.69) is 10.6 Å². The number of anilines is 1. The van der Waals surface area contributed by atoms with E-state index >= 15 is 0 Å². The zero-order valence-corrected chi connectivity index (χ0v) is 12.6. The average Bonchev–Trinajstić information content (AvgIpc) is 2.42. The molecule has 0 fully saturated rings. The second-order valence-corrected chi connectivity index (χ2v) is 4.60. The first kappa shape index (κ1) is 16.5. The number of carbonyl (C=O) groups is 1. The number of ether oxygens (including phenoxy) is 2. The van der Waals surface area contributed by atoms with Crippen LogP contribution in [-0.4, -0.2) is 39.0 Å². The molecule has 0 aliphatic carbocycles. The third-order valence-corrected chi connectivity index (χ3v) is 2.96. The summed E-state index contributed by atoms with van der Waals surface area (Å²) in [5.41, 5.74) is 1.96. The van der Waals surface area contributed by atoms with E-state index in [1.54, 1.807) is 14.2 Å². The van der Waals surface area contributed by atoms with Crippen molar-refractivity contribution in [1.82, 2.24) is 5.32 Å². The van der Waals surface area contributed by atoms with E-state index in [-0.39, 0.29) is 18.2 Å². The Balaban J connectivity index is 2.56. The van der Waals surface area contributed by atoms with Gasteiger partial charge in [-0.1, -0.05) is 12.1 Å². The lowest BCUT2D eigenvalue weighted by molar-refractivity contribution is -0.120. The van der Waals surface area contributed by atoms with Crippen molar-refractivity contribution in [3.8, 4) is 0 Å². The third kappa shape index (κ3) is 5.19. The molecular formula is C15H24N2O3. The number of hydrogen-bond acceptors (Lipinski definition) is 4. The topological polar surface area (TPSA) is 59.6 Å². The van der Waals surface area contributed by atoms with Crippen LogP contribution in [0.15, 0.2) is 24.3 Å². The zero-order valence-electron chi connectivity index (χ0n) is 12.6. The van der Waals surface area contributed by atoms with Crippen molar-refractivity contribution >= 4 is 11.6 Å². The highest BCUT2D eigenvalue weighted by molar-refractivity contribution is 5.78. The lowest BCUT2D eigenvalue weighted by atomic mass is 10.1. The van der Waals surface area contributed by atoms with Crippen molar-refractivity contribution < 1.29 is 14.3 Å². The largest absolute Gasteiger partial charge is 0.377 e. The summed E-state index contributed by atoms with van der Waals surface area (Å²) < 4.78 is 10.4. The van der Waals surface area contributed by atoms with Gasteiger partial charge in [0.05, 0.1) is 12.5 Å². The van der Waals surface area contributed by atoms with Crippen LogP contribution in [0.2, 0.25) is 0 Å². The molecule has 0 heterocycles. The maximum absolute atomic E-state index is 11.5. The minimum absolute atomic E-state index is 0.0271. The molecule has 1 aromatic carbocycles. The van der Waals surface area contributed by atoms with Crippen LogP contribution in [0.4, 0.5) is 5.69 Å². The normalized spacial score (nSPS) is 12.2. The van der Waals surface area contributed by atoms with Crippen molar-refractivity contribution in [2.45, 2.75) is 32.6 Å². The van der Waals surface area contributed by atoms with Gasteiger partial charge in [0.1, 0.15) is 0 Å². The molecule has 0 aliphatic rings. The fourth-order valence-electron chi connectivity index (χ4n) is 2.00. The van der Waals surface area contributed by atoms with E-state index in [1.165, 1.54) is 0 Å². The smallest absolute Gasteiger partial charge is 0.224 e. The fourth-order valence-corrected chi connectivity index (χ4v) is 2.00. The van der Waals surface area contributed by atoms with Crippen LogP contribution in [0.3, 0.4) is 0 Å². The number of carbonyl (C=O) groups excluding carboxylic acids is 1. The molecule has 1 atom stereocenters. The lowest BCUT2D eigenvalue weighted by Crippen LogP contribution is -2.33. The first-order valence-electron chi connectivity index (χ1n) is 6.78. The monoisotopic (exact) mass is 280 g/mol. The van der Waals surface area contributed by atoms with E-state index < -0.39 is 0 Å². The standard InChI is InChI=1S/C15H24N2O3/c1-5-16-14(18)10-12-6-8-13(9-7-12)17-11(2)15(19-3)20-4/h6-9,11,15,17H,5,10H2,1-4H3,(H,16,18). The van der Waals surface area contributed by atoms with Crippen molar-refractivity contribution in [2.75, 3.05) is 26.1 Å². The highest BCUT2D eigenvalue weighted by Crippen LogP contribution is 2.13. The minimum atomic E-state index is -0.301. The highest BCUT2D eigenvalue weighted by atomic mass is 16.7. The zero-order chi connectivity index (χ0) is 15.0. The maximum atomic E-state index is 11.5. The first-order valence-corrected chi connectivity index (χ1v) is 6.78. The van der Waals surface area contributed by atoms with Crippen LogP contribution in [0, 0.1) is 0 Å². The molecule has 112 valence electrons. The number of benzene rings is 1. The molecule has 1 aromatic rings. The van der Waals surface area contributed by atoms with Crippen LogP contribution >= 0.6 is 0 Å². The molecule has 0 radical (unpaired) electrons. The summed E-state index contributed by atoms with van der Waals surface area (Å²) in [7, 11) is 3.23. The maximum Gasteiger partial charge on any atom is 0.224 e. The van der Waals surface area contributed by atoms with Gasteiger partial charge < -0.3 is 20.1 Å². The minimum Gasteiger partial charge on any atom is -0.377 e. The molecule has 0 spiro atoms. The summed E-state index contributed by atoms with van der Waals surface area (Å²) in [4.78, 5) is 11.5. The third-order valence-electron chi connectivity index (χ3n) is 2.96. The number of likely N-dealkylation sites (N-methyl/N-ethyl adjacent to an activating group) is 1. The molecule has 5 heteroatoms. The number of amides is 1. The summed E-state index contributed by atoms with van der Waals surface area (Å²) in [5.74, 6) is 0.0420. The molecule has 1 amide bonds. The number of rotatable bonds is 8. The van der Waals surface area contributed by atoms with Crippen LogP contribution in [-0.2, 0) is 20.7 Å².